The van der Waals surface area contributed by atoms with Gasteiger partial charge in [0.25, 0.3) is 5.91 Å². The highest BCUT2D eigenvalue weighted by Gasteiger charge is 2.24. The first kappa shape index (κ1) is 19.1. The monoisotopic (exact) mass is 386 g/mol. The van der Waals surface area contributed by atoms with Crippen LogP contribution in [-0.4, -0.2) is 42.1 Å². The molecule has 1 atom stereocenters. The zero-order valence-electron chi connectivity index (χ0n) is 13.0. The van der Waals surface area contributed by atoms with Crippen LogP contribution in [0.3, 0.4) is 0 Å². The molecule has 8 heteroatoms. The largest absolute Gasteiger partial charge is 0.466 e. The first-order valence-electron chi connectivity index (χ1n) is 7.23. The van der Waals surface area contributed by atoms with Crippen LogP contribution >= 0.6 is 15.9 Å². The number of pyridine rings is 1. The standard InChI is InChI=1S/C15H19BrN2O5/c1-3-22-13(19)9-8-11(15(21)23-4-2)18-14(20)10-6-5-7-12(16)17-10/h5-7,11H,3-4,8-9H2,1-2H3,(H,18,20). The molecule has 1 heterocycles. The van der Waals surface area contributed by atoms with Crippen molar-refractivity contribution in [3.8, 4) is 0 Å². The van der Waals surface area contributed by atoms with Crippen molar-refractivity contribution in [2.24, 2.45) is 0 Å². The topological polar surface area (TPSA) is 94.6 Å². The molecule has 7 nitrogen and oxygen atoms in total. The van der Waals surface area contributed by atoms with Crippen molar-refractivity contribution in [2.75, 3.05) is 13.2 Å². The van der Waals surface area contributed by atoms with Crippen molar-refractivity contribution in [3.63, 3.8) is 0 Å². The van der Waals surface area contributed by atoms with E-state index in [1.54, 1.807) is 26.0 Å². The third kappa shape index (κ3) is 6.77. The summed E-state index contributed by atoms with van der Waals surface area (Å²) in [6.07, 6.45) is 0.0981. The maximum atomic E-state index is 12.2. The van der Waals surface area contributed by atoms with Gasteiger partial charge in [-0.25, -0.2) is 9.78 Å². The van der Waals surface area contributed by atoms with Crippen LogP contribution in [0.1, 0.15) is 37.2 Å². The maximum Gasteiger partial charge on any atom is 0.328 e. The lowest BCUT2D eigenvalue weighted by Crippen LogP contribution is -2.42. The first-order valence-corrected chi connectivity index (χ1v) is 8.02. The number of hydrogen-bond donors (Lipinski definition) is 1. The lowest BCUT2D eigenvalue weighted by Gasteiger charge is -2.16. The number of halogens is 1. The summed E-state index contributed by atoms with van der Waals surface area (Å²) in [4.78, 5) is 39.5. The third-order valence-corrected chi connectivity index (χ3v) is 3.21. The molecule has 1 N–H and O–H groups in total. The van der Waals surface area contributed by atoms with Crippen LogP contribution in [0, 0.1) is 0 Å². The molecule has 1 aromatic heterocycles. The fourth-order valence-electron chi connectivity index (χ4n) is 1.75. The van der Waals surface area contributed by atoms with Crippen molar-refractivity contribution in [3.05, 3.63) is 28.5 Å². The molecule has 1 amide bonds. The van der Waals surface area contributed by atoms with Gasteiger partial charge in [0.05, 0.1) is 13.2 Å². The van der Waals surface area contributed by atoms with Crippen LogP contribution in [0.2, 0.25) is 0 Å². The van der Waals surface area contributed by atoms with E-state index in [4.69, 9.17) is 9.47 Å². The first-order chi connectivity index (χ1) is 11.0. The number of esters is 2. The molecule has 0 radical (unpaired) electrons. The summed E-state index contributed by atoms with van der Waals surface area (Å²) in [6, 6.07) is 3.92. The second-order valence-electron chi connectivity index (χ2n) is 4.47. The average Bonchev–Trinajstić information content (AvgIpc) is 2.51. The number of ether oxygens (including phenoxy) is 2. The Balaban J connectivity index is 2.73. The Morgan fingerprint density at radius 2 is 1.91 bits per heavy atom. The molecule has 1 rings (SSSR count). The predicted molar refractivity (Wildman–Crippen MR) is 85.7 cm³/mol. The van der Waals surface area contributed by atoms with Gasteiger partial charge in [0.1, 0.15) is 16.3 Å². The van der Waals surface area contributed by atoms with Gasteiger partial charge in [-0.15, -0.1) is 0 Å². The maximum absolute atomic E-state index is 12.2. The minimum Gasteiger partial charge on any atom is -0.466 e. The molecule has 0 aliphatic rings. The number of aromatic nitrogens is 1. The quantitative estimate of drug-likeness (QED) is 0.541. The van der Waals surface area contributed by atoms with E-state index in [0.29, 0.717) is 4.60 Å². The van der Waals surface area contributed by atoms with Crippen LogP contribution in [0.4, 0.5) is 0 Å². The smallest absolute Gasteiger partial charge is 0.328 e. The van der Waals surface area contributed by atoms with E-state index >= 15 is 0 Å². The number of nitrogens with zero attached hydrogens (tertiary/aromatic N) is 1. The fourth-order valence-corrected chi connectivity index (χ4v) is 2.10. The summed E-state index contributed by atoms with van der Waals surface area (Å²) in [5.74, 6) is -1.55. The van der Waals surface area contributed by atoms with Crippen molar-refractivity contribution in [1.29, 1.82) is 0 Å². The summed E-state index contributed by atoms with van der Waals surface area (Å²) in [5, 5.41) is 2.54. The molecule has 1 unspecified atom stereocenters. The van der Waals surface area contributed by atoms with Gasteiger partial charge in [-0.2, -0.15) is 0 Å². The third-order valence-electron chi connectivity index (χ3n) is 2.77. The highest BCUT2D eigenvalue weighted by Crippen LogP contribution is 2.08. The zero-order chi connectivity index (χ0) is 17.2. The Morgan fingerprint density at radius 1 is 1.22 bits per heavy atom. The van der Waals surface area contributed by atoms with E-state index in [-0.39, 0.29) is 31.7 Å². The number of rotatable bonds is 8. The zero-order valence-corrected chi connectivity index (χ0v) is 14.6. The van der Waals surface area contributed by atoms with Gasteiger partial charge >= 0.3 is 11.9 Å². The highest BCUT2D eigenvalue weighted by molar-refractivity contribution is 9.10. The number of amides is 1. The van der Waals surface area contributed by atoms with E-state index in [0.717, 1.165) is 0 Å². The molecule has 23 heavy (non-hydrogen) atoms. The summed E-state index contributed by atoms with van der Waals surface area (Å²) < 4.78 is 10.2. The van der Waals surface area contributed by atoms with Crippen LogP contribution in [0.25, 0.3) is 0 Å². The van der Waals surface area contributed by atoms with E-state index in [1.165, 1.54) is 6.07 Å². The molecule has 1 aromatic rings. The van der Waals surface area contributed by atoms with Crippen LogP contribution < -0.4 is 5.32 Å². The highest BCUT2D eigenvalue weighted by atomic mass is 79.9. The predicted octanol–water partition coefficient (Wildman–Crippen LogP) is 1.85. The van der Waals surface area contributed by atoms with Crippen molar-refractivity contribution in [1.82, 2.24) is 10.3 Å². The summed E-state index contributed by atoms with van der Waals surface area (Å²) >= 11 is 3.17. The average molecular weight is 387 g/mol. The van der Waals surface area contributed by atoms with Gasteiger partial charge < -0.3 is 14.8 Å². The number of carbonyl (C=O) groups excluding carboxylic acids is 3. The van der Waals surface area contributed by atoms with Crippen molar-refractivity contribution < 1.29 is 23.9 Å². The number of hydrogen-bond acceptors (Lipinski definition) is 6. The molecule has 0 bridgehead atoms. The van der Waals surface area contributed by atoms with Crippen LogP contribution in [0.15, 0.2) is 22.8 Å². The normalized spacial score (nSPS) is 11.4. The minimum absolute atomic E-state index is 0.00349. The molecular weight excluding hydrogens is 368 g/mol. The van der Waals surface area contributed by atoms with E-state index < -0.39 is 23.9 Å². The number of nitrogens with one attached hydrogen (secondary N) is 1. The van der Waals surface area contributed by atoms with Gasteiger partial charge in [-0.1, -0.05) is 6.07 Å². The van der Waals surface area contributed by atoms with E-state index in [1.807, 2.05) is 0 Å². The molecule has 0 saturated heterocycles. The van der Waals surface area contributed by atoms with Gasteiger partial charge in [-0.05, 0) is 48.3 Å². The Labute approximate surface area is 142 Å². The van der Waals surface area contributed by atoms with Gasteiger partial charge in [0, 0.05) is 6.42 Å². The molecule has 0 aromatic carbocycles. The Bertz CT molecular complexity index is 565. The molecular formula is C15H19BrN2O5. The Kier molecular flexibility index (Phi) is 8.25. The molecule has 126 valence electrons. The van der Waals surface area contributed by atoms with Gasteiger partial charge in [-0.3, -0.25) is 9.59 Å². The fraction of sp³-hybridized carbons (Fsp3) is 0.467. The molecule has 0 aliphatic carbocycles. The molecule has 0 spiro atoms. The minimum atomic E-state index is -0.937. The second-order valence-corrected chi connectivity index (χ2v) is 5.28. The van der Waals surface area contributed by atoms with E-state index in [2.05, 4.69) is 26.2 Å². The summed E-state index contributed by atoms with van der Waals surface area (Å²) in [5.41, 5.74) is 0.157. The lowest BCUT2D eigenvalue weighted by atomic mass is 10.1. The van der Waals surface area contributed by atoms with Crippen LogP contribution in [0.5, 0.6) is 0 Å². The summed E-state index contributed by atoms with van der Waals surface area (Å²) in [7, 11) is 0. The molecule has 0 aliphatic heterocycles. The molecule has 0 fully saturated rings. The van der Waals surface area contributed by atoms with Gasteiger partial charge in [0.2, 0.25) is 0 Å². The Hall–Kier alpha value is -1.96. The lowest BCUT2D eigenvalue weighted by molar-refractivity contribution is -0.146. The SMILES string of the molecule is CCOC(=O)CCC(NC(=O)c1cccc(Br)n1)C(=O)OCC. The number of carbonyl (C=O) groups is 3. The second kappa shape index (κ2) is 9.94. The molecule has 0 saturated carbocycles. The van der Waals surface area contributed by atoms with Gasteiger partial charge in [0.15, 0.2) is 0 Å². The van der Waals surface area contributed by atoms with Crippen molar-refractivity contribution >= 4 is 33.8 Å². The van der Waals surface area contributed by atoms with E-state index in [9.17, 15) is 14.4 Å². The van der Waals surface area contributed by atoms with Crippen LogP contribution in [-0.2, 0) is 19.1 Å². The van der Waals surface area contributed by atoms with Crippen molar-refractivity contribution in [2.45, 2.75) is 32.7 Å². The Morgan fingerprint density at radius 3 is 2.52 bits per heavy atom. The summed E-state index contributed by atoms with van der Waals surface area (Å²) in [6.45, 7) is 3.80.